The van der Waals surface area contributed by atoms with Crippen molar-refractivity contribution in [2.75, 3.05) is 25.6 Å². The summed E-state index contributed by atoms with van der Waals surface area (Å²) in [6.45, 7) is 6.42. The molecule has 9 fully saturated rings. The van der Waals surface area contributed by atoms with E-state index in [1.54, 1.807) is 57.6 Å². The highest BCUT2D eigenvalue weighted by molar-refractivity contribution is 7.89. The number of carbonyl (C=O) groups is 5. The predicted octanol–water partition coefficient (Wildman–Crippen LogP) is 14.7. The van der Waals surface area contributed by atoms with E-state index in [1.165, 1.54) is 36.4 Å². The van der Waals surface area contributed by atoms with Crippen LogP contribution in [-0.2, 0) is 38.5 Å². The summed E-state index contributed by atoms with van der Waals surface area (Å²) in [4.78, 5) is 73.6. The third-order valence-electron chi connectivity index (χ3n) is 23.0. The topological polar surface area (TPSA) is 264 Å². The van der Waals surface area contributed by atoms with Gasteiger partial charge in [0, 0.05) is 77.2 Å². The Kier molecular flexibility index (Phi) is 24.0. The van der Waals surface area contributed by atoms with Gasteiger partial charge in [-0.25, -0.2) is 45.5 Å². The fourth-order valence-corrected chi connectivity index (χ4v) is 20.3. The Bertz CT molecular complexity index is 4130. The van der Waals surface area contributed by atoms with Crippen LogP contribution < -0.4 is 26.0 Å². The van der Waals surface area contributed by atoms with Gasteiger partial charge in [0.15, 0.2) is 0 Å². The van der Waals surface area contributed by atoms with E-state index in [0.29, 0.717) is 61.7 Å². The predicted molar refractivity (Wildman–Crippen MR) is 394 cm³/mol. The number of hydrogen-bond acceptors (Lipinski definition) is 15. The number of sulfonamides is 1. The van der Waals surface area contributed by atoms with E-state index in [9.17, 15) is 45.6 Å². The number of nitrogens with one attached hydrogen (secondary N) is 5. The van der Waals surface area contributed by atoms with Crippen molar-refractivity contribution < 1.29 is 69.2 Å². The lowest BCUT2D eigenvalue weighted by Gasteiger charge is -2.47. The zero-order chi connectivity index (χ0) is 74.0. The van der Waals surface area contributed by atoms with E-state index >= 15 is 0 Å². The number of alkyl carbamates (subject to hydrolysis) is 4. The van der Waals surface area contributed by atoms with Crippen molar-refractivity contribution in [3.63, 3.8) is 0 Å². The first-order chi connectivity index (χ1) is 51.3. The van der Waals surface area contributed by atoms with Crippen LogP contribution in [0.15, 0.2) is 146 Å². The number of fused-ring (bicyclic) bond motifs is 6. The fraction of sp³-hybridized carbons (Fsp3) is 0.463. The Morgan fingerprint density at radius 2 is 0.896 bits per heavy atom. The van der Waals surface area contributed by atoms with Crippen molar-refractivity contribution in [1.29, 1.82) is 0 Å². The molecule has 6 aromatic rings. The maximum atomic E-state index is 13.6. The van der Waals surface area contributed by atoms with Crippen molar-refractivity contribution in [3.05, 3.63) is 181 Å². The molecule has 0 spiro atoms. The minimum Gasteiger partial charge on any atom is -0.461 e. The van der Waals surface area contributed by atoms with Gasteiger partial charge >= 0.3 is 30.3 Å². The Labute approximate surface area is 617 Å². The minimum absolute atomic E-state index is 0.0504. The standard InChI is InChI=1S/C28H31FN2O4.C27H32FN3O4S.C27H30FN3O4/c1-2-34-28(33)31-23-9-10-24-19(14-23)12-20-15-26(32)35-27(20)25(24)11-8-22-7-6-18(16-30-22)17-4-3-5-21(29)13-17;1-2-35-27(32)30-23-9-10-24-19(14-23)12-20-16-36(33,34)31-26(20)25(24)11-8-22-7-6-18(15-29-22)17-4-3-5-21(28)13-17;1-2-34-26(32)30-21-9-10-22-18(13-21)14-24-25(31-27(33)35-24)23(22)11-8-20-7-6-17(15-29-20)16-4-3-5-19(28)12-16/h3-8,11,13,16,19-20,23-25,27H,2,9-10,12,14-15H2,1H3,(H,31,33);3-8,11,13,15,19-20,23-26,31H,2,9-10,12,14,16H2,1H3,(H,30,32);3-8,11-12,15,18,21-25H,2,9-10,13-14H2,1H3,(H,30,32)(H,31,33)/b3*11-8+/t19-,20-,23-,24-,25+,27+;19-,20-,23-,24-,25+,26+;18-,21+,22+,23-,24-,25+/m110/s1. The van der Waals surface area contributed by atoms with Gasteiger partial charge in [-0.2, -0.15) is 0 Å². The number of esters is 1. The summed E-state index contributed by atoms with van der Waals surface area (Å²) in [5.41, 5.74) is 7.26. The molecular formula is C82H93F3N8O12S. The highest BCUT2D eigenvalue weighted by atomic mass is 32.2. The average Bonchev–Trinajstić information content (AvgIpc) is 1.62. The lowest BCUT2D eigenvalue weighted by atomic mass is 9.60. The van der Waals surface area contributed by atoms with E-state index in [-0.39, 0.29) is 126 Å². The largest absolute Gasteiger partial charge is 0.461 e. The zero-order valence-electron chi connectivity index (χ0n) is 59.8. The highest BCUT2D eigenvalue weighted by Gasteiger charge is 2.54. The van der Waals surface area contributed by atoms with Gasteiger partial charge in [0.1, 0.15) is 29.7 Å². The van der Waals surface area contributed by atoms with Crippen LogP contribution in [0.5, 0.6) is 0 Å². The number of hydrogen-bond donors (Lipinski definition) is 5. The molecule has 3 aromatic heterocycles. The molecule has 3 aliphatic heterocycles. The van der Waals surface area contributed by atoms with Crippen LogP contribution in [0.2, 0.25) is 0 Å². The summed E-state index contributed by atoms with van der Waals surface area (Å²) >= 11 is 0. The van der Waals surface area contributed by atoms with Crippen molar-refractivity contribution in [2.45, 2.75) is 147 Å². The molecule has 560 valence electrons. The van der Waals surface area contributed by atoms with E-state index < -0.39 is 10.0 Å². The SMILES string of the molecule is CCOC(=O)N[C@@H]1CC[C@@H]2[C@@H](C1)C[C@@H]1CC(=O)O[C@@H]1[C@H]2/C=C/c1ccc(-c2cccc(F)c2)cn1.CCOC(=O)N[C@@H]1CC[C@@H]2[C@@H](C1)C[C@@H]1CS(=O)(=O)N[C@@H]1[C@H]2/C=C/c1ccc(-c2cccc(F)c2)cn1.CCOC(=O)N[C@@H]1CC[C@@H]2[C@@H](C1)C[C@@H]1OC(=O)N[C@@H]1[C@H]2/C=C/c1ccc(-c2cccc(F)c2)cn1. The van der Waals surface area contributed by atoms with Crippen LogP contribution in [0.3, 0.4) is 0 Å². The number of benzene rings is 3. The monoisotopic (exact) mass is 1470 g/mol. The number of pyridine rings is 3. The van der Waals surface area contributed by atoms with Crippen LogP contribution >= 0.6 is 0 Å². The summed E-state index contributed by atoms with van der Waals surface area (Å²) in [5, 5.41) is 12.0. The quantitative estimate of drug-likeness (QED) is 0.0473. The molecule has 4 amide bonds. The summed E-state index contributed by atoms with van der Waals surface area (Å²) < 4.78 is 95.0. The summed E-state index contributed by atoms with van der Waals surface area (Å²) in [5.74, 6) is 1.94. The van der Waals surface area contributed by atoms with Crippen LogP contribution in [-0.4, -0.2) is 122 Å². The van der Waals surface area contributed by atoms with Crippen molar-refractivity contribution in [1.82, 2.24) is 40.9 Å². The first-order valence-corrected chi connectivity index (χ1v) is 39.1. The van der Waals surface area contributed by atoms with Gasteiger partial charge in [-0.3, -0.25) is 19.7 Å². The molecule has 0 radical (unpaired) electrons. The first-order valence-electron chi connectivity index (χ1n) is 37.5. The minimum atomic E-state index is -3.29. The third kappa shape index (κ3) is 18.5. The molecule has 6 heterocycles. The number of halogens is 3. The molecule has 15 rings (SSSR count). The Balaban J connectivity index is 0.000000141. The van der Waals surface area contributed by atoms with Gasteiger partial charge < -0.3 is 45.0 Å². The molecule has 0 bridgehead atoms. The maximum absolute atomic E-state index is 13.6. The van der Waals surface area contributed by atoms with Crippen molar-refractivity contribution in [2.24, 2.45) is 65.1 Å². The second-order valence-corrected chi connectivity index (χ2v) is 31.4. The number of carbonyl (C=O) groups excluding carboxylic acids is 5. The molecule has 9 aliphatic rings. The number of aromatic nitrogens is 3. The molecule has 3 saturated heterocycles. The molecule has 3 aromatic carbocycles. The highest BCUT2D eigenvalue weighted by Crippen LogP contribution is 2.53. The second-order valence-electron chi connectivity index (χ2n) is 29.6. The molecule has 24 heteroatoms. The van der Waals surface area contributed by atoms with Crippen LogP contribution in [0.4, 0.5) is 32.3 Å². The first kappa shape index (κ1) is 74.8. The molecule has 106 heavy (non-hydrogen) atoms. The number of amides is 4. The van der Waals surface area contributed by atoms with Crippen LogP contribution in [0.1, 0.15) is 121 Å². The lowest BCUT2D eigenvalue weighted by molar-refractivity contribution is -0.145. The Morgan fingerprint density at radius 3 is 1.31 bits per heavy atom. The smallest absolute Gasteiger partial charge is 0.407 e. The molecule has 6 aliphatic carbocycles. The zero-order valence-corrected chi connectivity index (χ0v) is 60.6. The van der Waals surface area contributed by atoms with Crippen LogP contribution in [0.25, 0.3) is 51.6 Å². The summed E-state index contributed by atoms with van der Waals surface area (Å²) in [6, 6.07) is 30.9. The number of nitrogens with zero attached hydrogens (tertiary/aromatic N) is 3. The molecule has 6 saturated carbocycles. The lowest BCUT2D eigenvalue weighted by Crippen LogP contribution is -2.52. The summed E-state index contributed by atoms with van der Waals surface area (Å²) in [6.07, 6.45) is 26.9. The van der Waals surface area contributed by atoms with E-state index in [0.717, 1.165) is 128 Å². The normalized spacial score (nSPS) is 30.1. The van der Waals surface area contributed by atoms with Crippen LogP contribution in [0, 0.1) is 82.5 Å². The van der Waals surface area contributed by atoms with Gasteiger partial charge in [-0.05, 0) is 235 Å². The third-order valence-corrected chi connectivity index (χ3v) is 24.5. The van der Waals surface area contributed by atoms with Gasteiger partial charge in [-0.1, -0.05) is 72.8 Å². The molecule has 5 N–H and O–H groups in total. The van der Waals surface area contributed by atoms with E-state index in [2.05, 4.69) is 59.2 Å². The van der Waals surface area contributed by atoms with Gasteiger partial charge in [-0.15, -0.1) is 0 Å². The average molecular weight is 1470 g/mol. The molecular weight excluding hydrogens is 1380 g/mol. The van der Waals surface area contributed by atoms with E-state index in [4.69, 9.17) is 23.7 Å². The fourth-order valence-electron chi connectivity index (χ4n) is 18.5. The Morgan fingerprint density at radius 1 is 0.491 bits per heavy atom. The number of rotatable bonds is 15. The molecule has 20 nitrogen and oxygen atoms in total. The van der Waals surface area contributed by atoms with E-state index in [1.807, 2.05) is 72.8 Å². The maximum Gasteiger partial charge on any atom is 0.407 e. The van der Waals surface area contributed by atoms with Gasteiger partial charge in [0.2, 0.25) is 10.0 Å². The Hall–Kier alpha value is -9.42. The molecule has 18 atom stereocenters. The number of ether oxygens (including phenoxy) is 5. The van der Waals surface area contributed by atoms with Crippen molar-refractivity contribution >= 4 is 58.6 Å². The second kappa shape index (κ2) is 34.0. The van der Waals surface area contributed by atoms with Crippen molar-refractivity contribution in [3.8, 4) is 33.4 Å². The van der Waals surface area contributed by atoms with Gasteiger partial charge in [0.25, 0.3) is 0 Å². The molecule has 0 unspecified atom stereocenters. The summed E-state index contributed by atoms with van der Waals surface area (Å²) in [7, 11) is -3.29. The van der Waals surface area contributed by atoms with Gasteiger partial charge in [0.05, 0.1) is 55.1 Å².